The number of nitrogens with two attached hydrogens (primary N) is 2. The molecule has 0 spiro atoms. The molecule has 0 unspecified atom stereocenters. The first-order valence-electron chi connectivity index (χ1n) is 9.16. The summed E-state index contributed by atoms with van der Waals surface area (Å²) in [7, 11) is -4.91. The Kier molecular flexibility index (Phi) is 6.74. The molecule has 2 heterocycles. The number of primary amides is 2. The summed E-state index contributed by atoms with van der Waals surface area (Å²) >= 11 is 0. The number of rotatable bonds is 5. The van der Waals surface area contributed by atoms with E-state index in [1.807, 2.05) is 0 Å². The smallest absolute Gasteiger partial charge is 0.334 e. The van der Waals surface area contributed by atoms with E-state index in [9.17, 15) is 22.6 Å². The number of urea groups is 2. The van der Waals surface area contributed by atoms with Crippen LogP contribution in [-0.2, 0) is 19.6 Å². The highest BCUT2D eigenvalue weighted by molar-refractivity contribution is 7.86. The fraction of sp³-hybridized carbons (Fsp3) is 0.500. The van der Waals surface area contributed by atoms with Crippen LogP contribution in [0, 0.1) is 0 Å². The molecule has 0 atom stereocenters. The van der Waals surface area contributed by atoms with Crippen molar-refractivity contribution in [3.63, 3.8) is 0 Å². The van der Waals surface area contributed by atoms with E-state index in [-0.39, 0.29) is 37.6 Å². The van der Waals surface area contributed by atoms with Gasteiger partial charge >= 0.3 is 12.1 Å². The van der Waals surface area contributed by atoms with E-state index in [1.165, 1.54) is 28.2 Å². The van der Waals surface area contributed by atoms with Crippen LogP contribution in [0.25, 0.3) is 0 Å². The molecule has 0 bridgehead atoms. The van der Waals surface area contributed by atoms with Crippen LogP contribution in [-0.4, -0.2) is 87.7 Å². The van der Waals surface area contributed by atoms with Gasteiger partial charge in [-0.3, -0.25) is 4.55 Å². The number of hydrogen-bond donors (Lipinski definition) is 3. The molecule has 14 heteroatoms. The molecule has 1 aromatic carbocycles. The van der Waals surface area contributed by atoms with Crippen LogP contribution >= 0.6 is 0 Å². The van der Waals surface area contributed by atoms with Crippen LogP contribution in [0.15, 0.2) is 23.1 Å². The number of carbonyl (C=O) groups excluding carboxylic acids is 2. The minimum Gasteiger partial charge on any atom is -0.379 e. The molecule has 2 aliphatic rings. The van der Waals surface area contributed by atoms with Crippen molar-refractivity contribution in [2.24, 2.45) is 11.5 Å². The number of hydrazine groups is 2. The maximum atomic E-state index is 12.4. The largest absolute Gasteiger partial charge is 0.379 e. The second-order valence-electron chi connectivity index (χ2n) is 6.53. The van der Waals surface area contributed by atoms with Gasteiger partial charge in [0.1, 0.15) is 4.90 Å². The summed E-state index contributed by atoms with van der Waals surface area (Å²) < 4.78 is 45.4. The number of hydrogen-bond acceptors (Lipinski definition) is 8. The van der Waals surface area contributed by atoms with Gasteiger partial charge in [-0.05, 0) is 12.1 Å². The standard InChI is InChI=1S/C16H24N6O7S/c17-15(23)21(19-4-8-28-9-5-19)12-2-1-3-13(14(12)30(25,26)27)22(16(18)24)20-6-10-29-11-7-20/h1-3H,4-11H2,(H2,17,23)(H2,18,24)(H,25,26,27). The number of morpholine rings is 2. The normalized spacial score (nSPS) is 18.7. The molecule has 13 nitrogen and oxygen atoms in total. The SMILES string of the molecule is NC(=O)N(c1cccc(N(C(N)=O)N2CCOCC2)c1S(=O)(=O)O)N1CCOCC1. The van der Waals surface area contributed by atoms with Gasteiger partial charge in [0.15, 0.2) is 0 Å². The number of nitrogens with zero attached hydrogens (tertiary/aromatic N) is 4. The van der Waals surface area contributed by atoms with Crippen molar-refractivity contribution < 1.29 is 32.0 Å². The van der Waals surface area contributed by atoms with Gasteiger partial charge in [-0.2, -0.15) is 8.42 Å². The highest BCUT2D eigenvalue weighted by Crippen LogP contribution is 2.36. The van der Waals surface area contributed by atoms with Crippen LogP contribution < -0.4 is 21.5 Å². The second kappa shape index (κ2) is 9.11. The summed E-state index contributed by atoms with van der Waals surface area (Å²) in [5, 5.41) is 4.91. The minimum atomic E-state index is -4.91. The van der Waals surface area contributed by atoms with Crippen molar-refractivity contribution in [3.8, 4) is 0 Å². The Bertz CT molecular complexity index is 845. The van der Waals surface area contributed by atoms with Gasteiger partial charge in [0.25, 0.3) is 10.1 Å². The van der Waals surface area contributed by atoms with Gasteiger partial charge in [-0.15, -0.1) is 0 Å². The summed E-state index contributed by atoms with van der Waals surface area (Å²) in [6.07, 6.45) is 0. The van der Waals surface area contributed by atoms with Crippen LogP contribution in [0.2, 0.25) is 0 Å². The second-order valence-corrected chi connectivity index (χ2v) is 7.89. The van der Waals surface area contributed by atoms with Crippen molar-refractivity contribution in [1.29, 1.82) is 0 Å². The molecule has 2 fully saturated rings. The number of amides is 4. The topological polar surface area (TPSA) is 172 Å². The van der Waals surface area contributed by atoms with E-state index < -0.39 is 27.1 Å². The van der Waals surface area contributed by atoms with Crippen molar-refractivity contribution in [1.82, 2.24) is 10.0 Å². The van der Waals surface area contributed by atoms with Crippen molar-refractivity contribution in [3.05, 3.63) is 18.2 Å². The molecule has 1 aromatic rings. The molecule has 0 saturated carbocycles. The first-order chi connectivity index (χ1) is 14.2. The van der Waals surface area contributed by atoms with Crippen LogP contribution in [0.5, 0.6) is 0 Å². The number of ether oxygens (including phenoxy) is 2. The van der Waals surface area contributed by atoms with Gasteiger partial charge in [-0.25, -0.2) is 29.6 Å². The summed E-state index contributed by atoms with van der Waals surface area (Å²) in [5.74, 6) is 0. The lowest BCUT2D eigenvalue weighted by atomic mass is 10.2. The monoisotopic (exact) mass is 444 g/mol. The fourth-order valence-electron chi connectivity index (χ4n) is 3.44. The lowest BCUT2D eigenvalue weighted by molar-refractivity contribution is 0.0355. The predicted molar refractivity (Wildman–Crippen MR) is 105 cm³/mol. The van der Waals surface area contributed by atoms with Crippen molar-refractivity contribution >= 4 is 33.6 Å². The summed E-state index contributed by atoms with van der Waals surface area (Å²) in [6, 6.07) is 2.13. The Hall–Kier alpha value is -2.49. The zero-order valence-corrected chi connectivity index (χ0v) is 17.0. The minimum absolute atomic E-state index is 0.205. The maximum absolute atomic E-state index is 12.4. The number of anilines is 2. The fourth-order valence-corrected chi connectivity index (χ4v) is 4.28. The molecule has 3 rings (SSSR count). The van der Waals surface area contributed by atoms with E-state index >= 15 is 0 Å². The summed E-state index contributed by atoms with van der Waals surface area (Å²) in [5.41, 5.74) is 10.7. The predicted octanol–water partition coefficient (Wildman–Crippen LogP) is -0.802. The van der Waals surface area contributed by atoms with Crippen LogP contribution in [0.3, 0.4) is 0 Å². The number of benzene rings is 1. The molecule has 0 aliphatic carbocycles. The lowest BCUT2D eigenvalue weighted by Gasteiger charge is -2.39. The Balaban J connectivity index is 2.17. The molecule has 166 valence electrons. The van der Waals surface area contributed by atoms with Crippen molar-refractivity contribution in [2.75, 3.05) is 62.6 Å². The van der Waals surface area contributed by atoms with E-state index in [4.69, 9.17) is 20.9 Å². The van der Waals surface area contributed by atoms with Crippen LogP contribution in [0.4, 0.5) is 21.0 Å². The molecule has 0 radical (unpaired) electrons. The van der Waals surface area contributed by atoms with Gasteiger partial charge < -0.3 is 20.9 Å². The Morgan fingerprint density at radius 1 is 0.867 bits per heavy atom. The average molecular weight is 444 g/mol. The third kappa shape index (κ3) is 4.63. The summed E-state index contributed by atoms with van der Waals surface area (Å²) in [4.78, 5) is 23.8. The average Bonchev–Trinajstić information content (AvgIpc) is 2.69. The van der Waals surface area contributed by atoms with Gasteiger partial charge in [-0.1, -0.05) is 6.07 Å². The molecular formula is C16H24N6O7S. The van der Waals surface area contributed by atoms with E-state index in [1.54, 1.807) is 0 Å². The van der Waals surface area contributed by atoms with Crippen LogP contribution in [0.1, 0.15) is 0 Å². The Morgan fingerprint density at radius 2 is 1.23 bits per heavy atom. The highest BCUT2D eigenvalue weighted by atomic mass is 32.2. The quantitative estimate of drug-likeness (QED) is 0.491. The zero-order valence-electron chi connectivity index (χ0n) is 16.1. The van der Waals surface area contributed by atoms with Crippen molar-refractivity contribution in [2.45, 2.75) is 4.90 Å². The molecule has 5 N–H and O–H groups in total. The molecule has 30 heavy (non-hydrogen) atoms. The third-order valence-electron chi connectivity index (χ3n) is 4.65. The zero-order chi connectivity index (χ0) is 21.9. The highest BCUT2D eigenvalue weighted by Gasteiger charge is 2.35. The Morgan fingerprint density at radius 3 is 1.53 bits per heavy atom. The molecule has 2 aliphatic heterocycles. The lowest BCUT2D eigenvalue weighted by Crippen LogP contribution is -2.55. The summed E-state index contributed by atoms with van der Waals surface area (Å²) in [6.45, 7) is 2.25. The first kappa shape index (κ1) is 22.2. The number of carbonyl (C=O) groups is 2. The Labute approximate surface area is 173 Å². The third-order valence-corrected chi connectivity index (χ3v) is 5.58. The van der Waals surface area contributed by atoms with Gasteiger partial charge in [0, 0.05) is 26.2 Å². The van der Waals surface area contributed by atoms with Gasteiger partial charge in [0.05, 0.1) is 37.8 Å². The van der Waals surface area contributed by atoms with E-state index in [0.29, 0.717) is 26.4 Å². The van der Waals surface area contributed by atoms with E-state index in [2.05, 4.69) is 0 Å². The van der Waals surface area contributed by atoms with E-state index in [0.717, 1.165) is 10.0 Å². The maximum Gasteiger partial charge on any atom is 0.334 e. The molecule has 4 amide bonds. The van der Waals surface area contributed by atoms with Gasteiger partial charge in [0.2, 0.25) is 0 Å². The first-order valence-corrected chi connectivity index (χ1v) is 10.6. The molecular weight excluding hydrogens is 420 g/mol. The molecule has 2 saturated heterocycles. The molecule has 0 aromatic heterocycles.